The molecule has 0 saturated carbocycles. The quantitative estimate of drug-likeness (QED) is 0.455. The number of likely N-dealkylation sites (tertiary alicyclic amines) is 1. The minimum Gasteiger partial charge on any atom is -0.339 e. The molecular formula is C27H28N4O. The van der Waals surface area contributed by atoms with Crippen molar-refractivity contribution in [3.05, 3.63) is 96.2 Å². The fourth-order valence-corrected chi connectivity index (χ4v) is 4.83. The lowest BCUT2D eigenvalue weighted by Gasteiger charge is -2.22. The molecule has 1 atom stereocenters. The lowest BCUT2D eigenvalue weighted by Crippen LogP contribution is -2.32. The van der Waals surface area contributed by atoms with Crippen LogP contribution in [-0.2, 0) is 13.0 Å². The molecule has 0 aliphatic carbocycles. The molecule has 1 amide bonds. The van der Waals surface area contributed by atoms with E-state index in [1.54, 1.807) is 12.5 Å². The first-order chi connectivity index (χ1) is 15.8. The Balaban J connectivity index is 1.28. The number of pyridine rings is 1. The molecule has 1 aliphatic rings. The van der Waals surface area contributed by atoms with Crippen molar-refractivity contribution in [2.45, 2.75) is 32.2 Å². The molecule has 0 radical (unpaired) electrons. The molecule has 0 bridgehead atoms. The summed E-state index contributed by atoms with van der Waals surface area (Å²) in [6, 6.07) is 18.5. The van der Waals surface area contributed by atoms with Crippen molar-refractivity contribution in [3.63, 3.8) is 0 Å². The number of carbonyl (C=O) groups is 1. The number of imidazole rings is 1. The summed E-state index contributed by atoms with van der Waals surface area (Å²) in [7, 11) is 0. The maximum Gasteiger partial charge on any atom is 0.254 e. The molecule has 0 N–H and O–H groups in total. The van der Waals surface area contributed by atoms with Gasteiger partial charge < -0.3 is 9.47 Å². The van der Waals surface area contributed by atoms with Crippen LogP contribution in [0.2, 0.25) is 0 Å². The molecule has 1 aliphatic heterocycles. The minimum absolute atomic E-state index is 0.149. The predicted octanol–water partition coefficient (Wildman–Crippen LogP) is 4.96. The Morgan fingerprint density at radius 1 is 0.938 bits per heavy atom. The van der Waals surface area contributed by atoms with E-state index in [0.29, 0.717) is 12.5 Å². The molecule has 2 aromatic carbocycles. The third kappa shape index (κ3) is 4.42. The molecule has 1 unspecified atom stereocenters. The standard InChI is InChI=1S/C27H28N4O/c32-27(25-9-2-1-7-23(25)19-30-17-14-28-20-30)31-15-5-6-21(12-16-31)18-22-11-13-29-26-10-4-3-8-24(22)26/h1-4,7-11,13-14,17,20-21H,5-6,12,15-16,18-19H2. The van der Waals surface area contributed by atoms with Crippen molar-refractivity contribution in [2.75, 3.05) is 13.1 Å². The van der Waals surface area contributed by atoms with Gasteiger partial charge in [0.1, 0.15) is 0 Å². The number of fused-ring (bicyclic) bond motifs is 1. The topological polar surface area (TPSA) is 51.0 Å². The summed E-state index contributed by atoms with van der Waals surface area (Å²) in [5.41, 5.74) is 4.27. The molecule has 162 valence electrons. The second kappa shape index (κ2) is 9.35. The summed E-state index contributed by atoms with van der Waals surface area (Å²) >= 11 is 0. The van der Waals surface area contributed by atoms with Gasteiger partial charge in [0.25, 0.3) is 5.91 Å². The molecule has 5 heteroatoms. The first-order valence-corrected chi connectivity index (χ1v) is 11.4. The van der Waals surface area contributed by atoms with Crippen LogP contribution in [0.15, 0.2) is 79.5 Å². The van der Waals surface area contributed by atoms with Crippen LogP contribution in [-0.4, -0.2) is 38.4 Å². The summed E-state index contributed by atoms with van der Waals surface area (Å²) in [5, 5.41) is 1.25. The molecular weight excluding hydrogens is 396 g/mol. The van der Waals surface area contributed by atoms with E-state index in [0.717, 1.165) is 55.4 Å². The highest BCUT2D eigenvalue weighted by Gasteiger charge is 2.23. The van der Waals surface area contributed by atoms with Crippen LogP contribution in [0, 0.1) is 5.92 Å². The third-order valence-electron chi connectivity index (χ3n) is 6.54. The van der Waals surface area contributed by atoms with Gasteiger partial charge in [-0.05, 0) is 60.9 Å². The highest BCUT2D eigenvalue weighted by atomic mass is 16.2. The number of hydrogen-bond acceptors (Lipinski definition) is 3. The Morgan fingerprint density at radius 3 is 2.72 bits per heavy atom. The van der Waals surface area contributed by atoms with Gasteiger partial charge in [-0.2, -0.15) is 0 Å². The van der Waals surface area contributed by atoms with E-state index >= 15 is 0 Å². The van der Waals surface area contributed by atoms with Crippen molar-refractivity contribution in [2.24, 2.45) is 5.92 Å². The van der Waals surface area contributed by atoms with Gasteiger partial charge >= 0.3 is 0 Å². The third-order valence-corrected chi connectivity index (χ3v) is 6.54. The smallest absolute Gasteiger partial charge is 0.254 e. The molecule has 32 heavy (non-hydrogen) atoms. The number of benzene rings is 2. The maximum absolute atomic E-state index is 13.4. The van der Waals surface area contributed by atoms with Crippen LogP contribution in [0.5, 0.6) is 0 Å². The lowest BCUT2D eigenvalue weighted by molar-refractivity contribution is 0.0759. The van der Waals surface area contributed by atoms with E-state index in [4.69, 9.17) is 0 Å². The number of para-hydroxylation sites is 1. The van der Waals surface area contributed by atoms with E-state index in [1.807, 2.05) is 47.3 Å². The molecule has 3 heterocycles. The Labute approximate surface area is 188 Å². The summed E-state index contributed by atoms with van der Waals surface area (Å²) in [6.07, 6.45) is 11.7. The van der Waals surface area contributed by atoms with Crippen LogP contribution in [0.4, 0.5) is 0 Å². The summed E-state index contributed by atoms with van der Waals surface area (Å²) < 4.78 is 2.00. The van der Waals surface area contributed by atoms with Crippen molar-refractivity contribution in [3.8, 4) is 0 Å². The predicted molar refractivity (Wildman–Crippen MR) is 126 cm³/mol. The van der Waals surface area contributed by atoms with E-state index < -0.39 is 0 Å². The molecule has 4 aromatic rings. The summed E-state index contributed by atoms with van der Waals surface area (Å²) in [6.45, 7) is 2.30. The van der Waals surface area contributed by atoms with Gasteiger partial charge in [0, 0.05) is 49.2 Å². The first kappa shape index (κ1) is 20.4. The van der Waals surface area contributed by atoms with E-state index in [9.17, 15) is 4.79 Å². The van der Waals surface area contributed by atoms with Crippen LogP contribution in [0.3, 0.4) is 0 Å². The van der Waals surface area contributed by atoms with Gasteiger partial charge in [0.15, 0.2) is 0 Å². The highest BCUT2D eigenvalue weighted by Crippen LogP contribution is 2.26. The average Bonchev–Trinajstić information content (AvgIpc) is 3.23. The van der Waals surface area contributed by atoms with Crippen LogP contribution < -0.4 is 0 Å². The number of rotatable bonds is 5. The van der Waals surface area contributed by atoms with Gasteiger partial charge in [-0.1, -0.05) is 36.4 Å². The zero-order valence-electron chi connectivity index (χ0n) is 18.2. The molecule has 1 saturated heterocycles. The highest BCUT2D eigenvalue weighted by molar-refractivity contribution is 5.95. The fraction of sp³-hybridized carbons (Fsp3) is 0.296. The molecule has 5 nitrogen and oxygen atoms in total. The molecule has 2 aromatic heterocycles. The normalized spacial score (nSPS) is 16.8. The number of aromatic nitrogens is 3. The average molecular weight is 425 g/mol. The Hall–Kier alpha value is -3.47. The Bertz CT molecular complexity index is 1200. The summed E-state index contributed by atoms with van der Waals surface area (Å²) in [4.78, 5) is 24.1. The van der Waals surface area contributed by atoms with Gasteiger partial charge in [0.05, 0.1) is 11.8 Å². The van der Waals surface area contributed by atoms with Crippen molar-refractivity contribution < 1.29 is 4.79 Å². The van der Waals surface area contributed by atoms with Gasteiger partial charge in [-0.15, -0.1) is 0 Å². The largest absolute Gasteiger partial charge is 0.339 e. The van der Waals surface area contributed by atoms with Crippen molar-refractivity contribution in [1.82, 2.24) is 19.4 Å². The van der Waals surface area contributed by atoms with Crippen molar-refractivity contribution in [1.29, 1.82) is 0 Å². The number of carbonyl (C=O) groups excluding carboxylic acids is 1. The maximum atomic E-state index is 13.4. The molecule has 5 rings (SSSR count). The van der Waals surface area contributed by atoms with Crippen LogP contribution >= 0.6 is 0 Å². The Kier molecular flexibility index (Phi) is 5.97. The lowest BCUT2D eigenvalue weighted by atomic mass is 9.91. The van der Waals surface area contributed by atoms with Crippen LogP contribution in [0.25, 0.3) is 10.9 Å². The van der Waals surface area contributed by atoms with Crippen molar-refractivity contribution >= 4 is 16.8 Å². The minimum atomic E-state index is 0.149. The molecule has 0 spiro atoms. The second-order valence-electron chi connectivity index (χ2n) is 8.67. The number of nitrogens with zero attached hydrogens (tertiary/aromatic N) is 4. The Morgan fingerprint density at radius 2 is 1.81 bits per heavy atom. The van der Waals surface area contributed by atoms with Gasteiger partial charge in [-0.3, -0.25) is 9.78 Å². The number of amides is 1. The first-order valence-electron chi connectivity index (χ1n) is 11.4. The van der Waals surface area contributed by atoms with Gasteiger partial charge in [0.2, 0.25) is 0 Å². The zero-order valence-corrected chi connectivity index (χ0v) is 18.2. The van der Waals surface area contributed by atoms with E-state index in [-0.39, 0.29) is 5.91 Å². The number of hydrogen-bond donors (Lipinski definition) is 0. The van der Waals surface area contributed by atoms with Gasteiger partial charge in [-0.25, -0.2) is 4.98 Å². The van der Waals surface area contributed by atoms with E-state index in [2.05, 4.69) is 39.1 Å². The second-order valence-corrected chi connectivity index (χ2v) is 8.67. The van der Waals surface area contributed by atoms with Crippen LogP contribution in [0.1, 0.15) is 40.7 Å². The summed E-state index contributed by atoms with van der Waals surface area (Å²) in [5.74, 6) is 0.732. The zero-order chi connectivity index (χ0) is 21.8. The monoisotopic (exact) mass is 424 g/mol. The fourth-order valence-electron chi connectivity index (χ4n) is 4.83. The molecule has 1 fully saturated rings. The SMILES string of the molecule is O=C(c1ccccc1Cn1ccnc1)N1CCCC(Cc2ccnc3ccccc23)CC1. The van der Waals surface area contributed by atoms with E-state index in [1.165, 1.54) is 10.9 Å².